The zero-order chi connectivity index (χ0) is 20.8. The van der Waals surface area contributed by atoms with E-state index in [4.69, 9.17) is 4.74 Å². The fourth-order valence-corrected chi connectivity index (χ4v) is 4.20. The molecule has 4 rings (SSSR count). The number of amides is 1. The van der Waals surface area contributed by atoms with Crippen LogP contribution in [0.3, 0.4) is 0 Å². The minimum absolute atomic E-state index is 0.0640. The summed E-state index contributed by atoms with van der Waals surface area (Å²) >= 11 is 0. The van der Waals surface area contributed by atoms with Crippen LogP contribution in [0.4, 0.5) is 5.69 Å². The van der Waals surface area contributed by atoms with E-state index in [1.165, 1.54) is 5.52 Å². The lowest BCUT2D eigenvalue weighted by atomic mass is 9.93. The zero-order valence-corrected chi connectivity index (χ0v) is 17.7. The number of fused-ring (bicyclic) bond motifs is 1. The summed E-state index contributed by atoms with van der Waals surface area (Å²) in [5, 5.41) is 4.29. The number of anilines is 1. The van der Waals surface area contributed by atoms with E-state index in [0.29, 0.717) is 0 Å². The normalized spacial score (nSPS) is 15.9. The molecule has 5 nitrogen and oxygen atoms in total. The monoisotopic (exact) mass is 405 g/mol. The summed E-state index contributed by atoms with van der Waals surface area (Å²) in [6.45, 7) is 7.79. The molecular formula is C25H31N3O2. The highest BCUT2D eigenvalue weighted by molar-refractivity contribution is 5.97. The highest BCUT2D eigenvalue weighted by Gasteiger charge is 2.20. The predicted molar refractivity (Wildman–Crippen MR) is 122 cm³/mol. The Balaban J connectivity index is 1.43. The van der Waals surface area contributed by atoms with Crippen molar-refractivity contribution in [1.29, 1.82) is 0 Å². The first-order chi connectivity index (χ1) is 14.7. The van der Waals surface area contributed by atoms with Gasteiger partial charge in [0.25, 0.3) is 0 Å². The van der Waals surface area contributed by atoms with Crippen molar-refractivity contribution < 1.29 is 9.53 Å². The smallest absolute Gasteiger partial charge is 0.231 e. The Bertz CT molecular complexity index is 961. The van der Waals surface area contributed by atoms with Crippen molar-refractivity contribution in [2.24, 2.45) is 0 Å². The third kappa shape index (κ3) is 4.91. The lowest BCUT2D eigenvalue weighted by Crippen LogP contribution is -2.38. The molecule has 2 heterocycles. The highest BCUT2D eigenvalue weighted by Crippen LogP contribution is 2.25. The van der Waals surface area contributed by atoms with Crippen LogP contribution in [0, 0.1) is 0 Å². The number of carbonyl (C=O) groups is 1. The molecule has 1 amide bonds. The summed E-state index contributed by atoms with van der Waals surface area (Å²) in [7, 11) is 0. The van der Waals surface area contributed by atoms with Crippen molar-refractivity contribution >= 4 is 22.5 Å². The van der Waals surface area contributed by atoms with Crippen LogP contribution in [0.25, 0.3) is 10.9 Å². The Kier molecular flexibility index (Phi) is 6.82. The van der Waals surface area contributed by atoms with E-state index >= 15 is 0 Å². The number of benzene rings is 2. The Hall–Kier alpha value is -2.63. The summed E-state index contributed by atoms with van der Waals surface area (Å²) in [4.78, 5) is 15.4. The zero-order valence-electron chi connectivity index (χ0n) is 17.7. The fraction of sp³-hybridized carbons (Fsp3) is 0.400. The average Bonchev–Trinajstić information content (AvgIpc) is 3.19. The van der Waals surface area contributed by atoms with E-state index in [1.54, 1.807) is 0 Å². The van der Waals surface area contributed by atoms with Crippen LogP contribution < -0.4 is 5.32 Å². The number of rotatable bonds is 8. The molecule has 1 fully saturated rings. The quantitative estimate of drug-likeness (QED) is 0.600. The summed E-state index contributed by atoms with van der Waals surface area (Å²) in [6, 6.07) is 18.4. The molecule has 1 aliphatic rings. The van der Waals surface area contributed by atoms with Gasteiger partial charge in [-0.3, -0.25) is 9.69 Å². The van der Waals surface area contributed by atoms with E-state index in [0.717, 1.165) is 68.9 Å². The second-order valence-electron chi connectivity index (χ2n) is 7.98. The van der Waals surface area contributed by atoms with Crippen molar-refractivity contribution in [3.8, 4) is 0 Å². The molecule has 1 saturated heterocycles. The first kappa shape index (κ1) is 20.6. The Labute approximate surface area is 178 Å². The molecule has 3 aromatic rings. The van der Waals surface area contributed by atoms with Crippen LogP contribution in [-0.4, -0.2) is 48.2 Å². The van der Waals surface area contributed by atoms with Gasteiger partial charge in [-0.25, -0.2) is 0 Å². The van der Waals surface area contributed by atoms with E-state index in [-0.39, 0.29) is 11.8 Å². The van der Waals surface area contributed by atoms with Gasteiger partial charge in [0.2, 0.25) is 5.91 Å². The maximum absolute atomic E-state index is 13.0. The van der Waals surface area contributed by atoms with Crippen molar-refractivity contribution in [3.05, 3.63) is 66.4 Å². The van der Waals surface area contributed by atoms with Gasteiger partial charge in [0.05, 0.1) is 19.1 Å². The topological polar surface area (TPSA) is 46.5 Å². The average molecular weight is 406 g/mol. The van der Waals surface area contributed by atoms with Gasteiger partial charge >= 0.3 is 0 Å². The highest BCUT2D eigenvalue weighted by atomic mass is 16.5. The molecule has 1 aromatic heterocycles. The van der Waals surface area contributed by atoms with E-state index in [1.807, 2.05) is 36.4 Å². The van der Waals surface area contributed by atoms with Gasteiger partial charge < -0.3 is 14.6 Å². The summed E-state index contributed by atoms with van der Waals surface area (Å²) < 4.78 is 7.72. The molecule has 2 aromatic carbocycles. The van der Waals surface area contributed by atoms with Crippen molar-refractivity contribution in [2.75, 3.05) is 38.2 Å². The lowest BCUT2D eigenvalue weighted by Gasteiger charge is -2.26. The number of nitrogens with one attached hydrogen (secondary N) is 1. The minimum atomic E-state index is -0.120. The predicted octanol–water partition coefficient (Wildman–Crippen LogP) is 4.50. The van der Waals surface area contributed by atoms with Crippen LogP contribution in [0.15, 0.2) is 60.8 Å². The molecule has 0 saturated carbocycles. The van der Waals surface area contributed by atoms with E-state index in [9.17, 15) is 4.79 Å². The third-order valence-electron chi connectivity index (χ3n) is 5.90. The van der Waals surface area contributed by atoms with Crippen LogP contribution in [0.2, 0.25) is 0 Å². The number of nitrogens with zero attached hydrogens (tertiary/aromatic N) is 2. The fourth-order valence-electron chi connectivity index (χ4n) is 4.20. The van der Waals surface area contributed by atoms with Gasteiger partial charge in [0.1, 0.15) is 0 Å². The first-order valence-electron chi connectivity index (χ1n) is 11.0. The molecule has 0 radical (unpaired) electrons. The Morgan fingerprint density at radius 1 is 1.07 bits per heavy atom. The minimum Gasteiger partial charge on any atom is -0.379 e. The molecule has 30 heavy (non-hydrogen) atoms. The van der Waals surface area contributed by atoms with Gasteiger partial charge in [0.15, 0.2) is 0 Å². The van der Waals surface area contributed by atoms with Gasteiger partial charge in [-0.05, 0) is 36.2 Å². The number of morpholine rings is 1. The van der Waals surface area contributed by atoms with Crippen LogP contribution >= 0.6 is 0 Å². The van der Waals surface area contributed by atoms with Gasteiger partial charge in [-0.2, -0.15) is 0 Å². The summed E-state index contributed by atoms with van der Waals surface area (Å²) in [5.74, 6) is -0.0563. The molecule has 1 N–H and O–H groups in total. The maximum Gasteiger partial charge on any atom is 0.231 e. The third-order valence-corrected chi connectivity index (χ3v) is 5.90. The van der Waals surface area contributed by atoms with E-state index in [2.05, 4.69) is 46.1 Å². The van der Waals surface area contributed by atoms with Crippen LogP contribution in [-0.2, 0) is 16.1 Å². The molecule has 5 heteroatoms. The molecule has 158 valence electrons. The summed E-state index contributed by atoms with van der Waals surface area (Å²) in [5.41, 5.74) is 3.14. The standard InChI is InChI=1S/C25H31N3O2/c1-2-6-23(20-7-4-3-5-8-20)25(29)26-22-9-10-24-21(19-22)11-12-28(24)14-13-27-15-17-30-18-16-27/h3-5,7-12,19,23H,2,6,13-18H2,1H3,(H,26,29). The van der Waals surface area contributed by atoms with Gasteiger partial charge in [-0.1, -0.05) is 43.7 Å². The van der Waals surface area contributed by atoms with Gasteiger partial charge in [-0.15, -0.1) is 0 Å². The van der Waals surface area contributed by atoms with Crippen molar-refractivity contribution in [1.82, 2.24) is 9.47 Å². The number of aromatic nitrogens is 1. The number of hydrogen-bond donors (Lipinski definition) is 1. The van der Waals surface area contributed by atoms with E-state index < -0.39 is 0 Å². The number of hydrogen-bond acceptors (Lipinski definition) is 3. The van der Waals surface area contributed by atoms with Crippen molar-refractivity contribution in [2.45, 2.75) is 32.2 Å². The second kappa shape index (κ2) is 9.92. The largest absolute Gasteiger partial charge is 0.379 e. The van der Waals surface area contributed by atoms with Gasteiger partial charge in [0, 0.05) is 49.0 Å². The van der Waals surface area contributed by atoms with Crippen molar-refractivity contribution in [3.63, 3.8) is 0 Å². The SMILES string of the molecule is CCCC(C(=O)Nc1ccc2c(ccn2CCN2CCOCC2)c1)c1ccccc1. The first-order valence-corrected chi connectivity index (χ1v) is 11.0. The number of ether oxygens (including phenoxy) is 1. The van der Waals surface area contributed by atoms with Crippen LogP contribution in [0.5, 0.6) is 0 Å². The molecule has 0 aliphatic carbocycles. The lowest BCUT2D eigenvalue weighted by molar-refractivity contribution is -0.117. The molecule has 1 aliphatic heterocycles. The number of carbonyl (C=O) groups excluding carboxylic acids is 1. The molecule has 0 bridgehead atoms. The molecular weight excluding hydrogens is 374 g/mol. The molecule has 1 unspecified atom stereocenters. The summed E-state index contributed by atoms with van der Waals surface area (Å²) in [6.07, 6.45) is 3.95. The molecule has 1 atom stereocenters. The Morgan fingerprint density at radius 3 is 2.63 bits per heavy atom. The Morgan fingerprint density at radius 2 is 1.87 bits per heavy atom. The maximum atomic E-state index is 13.0. The molecule has 0 spiro atoms. The van der Waals surface area contributed by atoms with Crippen LogP contribution in [0.1, 0.15) is 31.2 Å². The second-order valence-corrected chi connectivity index (χ2v) is 7.98.